The van der Waals surface area contributed by atoms with E-state index in [-0.39, 0.29) is 5.60 Å². The topological polar surface area (TPSA) is 50.7 Å². The summed E-state index contributed by atoms with van der Waals surface area (Å²) in [7, 11) is 0. The van der Waals surface area contributed by atoms with Gasteiger partial charge in [0.25, 0.3) is 0 Å². The van der Waals surface area contributed by atoms with Crippen molar-refractivity contribution < 1.29 is 9.47 Å². The first kappa shape index (κ1) is 19.5. The second-order valence-corrected chi connectivity index (χ2v) is 9.50. The number of thiazole rings is 1. The highest BCUT2D eigenvalue weighted by Crippen LogP contribution is 2.39. The summed E-state index contributed by atoms with van der Waals surface area (Å²) in [5, 5.41) is 3.22. The Kier molecular flexibility index (Phi) is 5.47. The monoisotopic (exact) mass is 402 g/mol. The minimum Gasteiger partial charge on any atom is -0.472 e. The zero-order valence-electron chi connectivity index (χ0n) is 17.2. The highest BCUT2D eigenvalue weighted by Gasteiger charge is 2.31. The molecule has 6 nitrogen and oxygen atoms in total. The molecule has 0 amide bonds. The second kappa shape index (κ2) is 7.87. The van der Waals surface area contributed by atoms with Crippen molar-refractivity contribution in [1.29, 1.82) is 0 Å². The third kappa shape index (κ3) is 4.25. The number of morpholine rings is 1. The Morgan fingerprint density at radius 3 is 2.79 bits per heavy atom. The van der Waals surface area contributed by atoms with E-state index in [9.17, 15) is 0 Å². The van der Waals surface area contributed by atoms with Crippen LogP contribution in [0.5, 0.6) is 5.88 Å². The van der Waals surface area contributed by atoms with Crippen LogP contribution < -0.4 is 14.5 Å². The van der Waals surface area contributed by atoms with Crippen molar-refractivity contribution in [3.63, 3.8) is 0 Å². The Hall–Kier alpha value is -1.86. The fourth-order valence-corrected chi connectivity index (χ4v) is 4.75. The molecule has 0 aromatic carbocycles. The molecule has 2 atom stereocenters. The normalized spacial score (nSPS) is 23.3. The van der Waals surface area contributed by atoms with Crippen molar-refractivity contribution in [2.45, 2.75) is 58.2 Å². The number of hydrogen-bond donors (Lipinski definition) is 0. The molecular formula is C21H30N4O2S. The number of aromatic nitrogens is 2. The number of hydrogen-bond acceptors (Lipinski definition) is 7. The lowest BCUT2D eigenvalue weighted by Gasteiger charge is -2.36. The molecule has 2 aromatic heterocycles. The molecule has 2 saturated heterocycles. The number of nitrogens with zero attached hydrogens (tertiary/aromatic N) is 4. The molecule has 0 radical (unpaired) electrons. The molecule has 4 heterocycles. The predicted octanol–water partition coefficient (Wildman–Crippen LogP) is 4.28. The smallest absolute Gasteiger partial charge is 0.217 e. The van der Waals surface area contributed by atoms with Crippen LogP contribution in [-0.4, -0.2) is 47.9 Å². The lowest BCUT2D eigenvalue weighted by atomic mass is 10.2. The summed E-state index contributed by atoms with van der Waals surface area (Å²) in [6, 6.07) is 4.92. The maximum Gasteiger partial charge on any atom is 0.217 e. The lowest BCUT2D eigenvalue weighted by molar-refractivity contribution is 0.0986. The van der Waals surface area contributed by atoms with E-state index < -0.39 is 0 Å². The Bertz CT molecular complexity index is 790. The van der Waals surface area contributed by atoms with Gasteiger partial charge in [0, 0.05) is 48.5 Å². The minimum absolute atomic E-state index is 0.292. The van der Waals surface area contributed by atoms with Crippen LogP contribution in [0.1, 0.15) is 51.6 Å². The van der Waals surface area contributed by atoms with Gasteiger partial charge >= 0.3 is 0 Å². The lowest BCUT2D eigenvalue weighted by Crippen LogP contribution is -2.43. The van der Waals surface area contributed by atoms with Gasteiger partial charge in [-0.05, 0) is 40.5 Å². The summed E-state index contributed by atoms with van der Waals surface area (Å²) < 4.78 is 11.8. The van der Waals surface area contributed by atoms with Gasteiger partial charge in [-0.3, -0.25) is 0 Å². The summed E-state index contributed by atoms with van der Waals surface area (Å²) in [5.41, 5.74) is 0.865. The van der Waals surface area contributed by atoms with E-state index in [1.54, 1.807) is 11.3 Å². The van der Waals surface area contributed by atoms with Gasteiger partial charge in [-0.2, -0.15) is 4.98 Å². The first-order valence-electron chi connectivity index (χ1n) is 10.1. The van der Waals surface area contributed by atoms with Crippen LogP contribution in [-0.2, 0) is 4.74 Å². The SMILES string of the molecule is CC1COCCN1c1cc(OC(C)(C)C)nc(N2CCCC2c2nccs2)c1. The number of rotatable bonds is 4. The van der Waals surface area contributed by atoms with Gasteiger partial charge in [0.05, 0.1) is 19.3 Å². The largest absolute Gasteiger partial charge is 0.472 e. The molecule has 152 valence electrons. The zero-order chi connectivity index (χ0) is 19.7. The number of ether oxygens (including phenoxy) is 2. The van der Waals surface area contributed by atoms with Crippen molar-refractivity contribution in [3.8, 4) is 5.88 Å². The summed E-state index contributed by atoms with van der Waals surface area (Å²) >= 11 is 1.73. The molecule has 4 rings (SSSR count). The summed E-state index contributed by atoms with van der Waals surface area (Å²) in [6.45, 7) is 11.8. The van der Waals surface area contributed by atoms with E-state index in [0.29, 0.717) is 18.0 Å². The van der Waals surface area contributed by atoms with Crippen molar-refractivity contribution in [2.24, 2.45) is 0 Å². The molecule has 28 heavy (non-hydrogen) atoms. The molecule has 0 saturated carbocycles. The Balaban J connectivity index is 1.71. The molecule has 2 fully saturated rings. The van der Waals surface area contributed by atoms with Gasteiger partial charge in [-0.1, -0.05) is 0 Å². The highest BCUT2D eigenvalue weighted by atomic mass is 32.1. The molecule has 0 spiro atoms. The standard InChI is InChI=1S/C21H30N4O2S/c1-15-14-26-10-9-24(15)16-12-18(23-19(13-16)27-21(2,3)4)25-8-5-6-17(25)20-22-7-11-28-20/h7,11-13,15,17H,5-6,8-10,14H2,1-4H3. The van der Waals surface area contributed by atoms with Crippen LogP contribution >= 0.6 is 11.3 Å². The second-order valence-electron chi connectivity index (χ2n) is 8.58. The predicted molar refractivity (Wildman–Crippen MR) is 114 cm³/mol. The first-order valence-corrected chi connectivity index (χ1v) is 11.0. The minimum atomic E-state index is -0.292. The Morgan fingerprint density at radius 1 is 1.21 bits per heavy atom. The molecular weight excluding hydrogens is 372 g/mol. The third-order valence-corrected chi connectivity index (χ3v) is 6.04. The van der Waals surface area contributed by atoms with E-state index in [1.165, 1.54) is 5.01 Å². The maximum atomic E-state index is 6.19. The summed E-state index contributed by atoms with van der Waals surface area (Å²) in [5.74, 6) is 1.66. The first-order chi connectivity index (χ1) is 13.4. The van der Waals surface area contributed by atoms with Gasteiger partial charge in [-0.25, -0.2) is 4.98 Å². The zero-order valence-corrected chi connectivity index (χ0v) is 18.0. The van der Waals surface area contributed by atoms with Crippen molar-refractivity contribution in [1.82, 2.24) is 9.97 Å². The van der Waals surface area contributed by atoms with Crippen LogP contribution in [0, 0.1) is 0 Å². The van der Waals surface area contributed by atoms with E-state index in [2.05, 4.69) is 60.0 Å². The molecule has 0 aliphatic carbocycles. The van der Waals surface area contributed by atoms with Crippen molar-refractivity contribution >= 4 is 22.8 Å². The molecule has 0 N–H and O–H groups in total. The van der Waals surface area contributed by atoms with Gasteiger partial charge in [0.15, 0.2) is 0 Å². The van der Waals surface area contributed by atoms with Crippen LogP contribution in [0.25, 0.3) is 0 Å². The average Bonchev–Trinajstić information content (AvgIpc) is 3.31. The molecule has 0 bridgehead atoms. The molecule has 2 aromatic rings. The van der Waals surface area contributed by atoms with E-state index >= 15 is 0 Å². The molecule has 2 aliphatic rings. The van der Waals surface area contributed by atoms with Crippen LogP contribution in [0.2, 0.25) is 0 Å². The van der Waals surface area contributed by atoms with E-state index in [1.807, 2.05) is 6.20 Å². The Labute approximate surface area is 171 Å². The third-order valence-electron chi connectivity index (χ3n) is 5.17. The van der Waals surface area contributed by atoms with E-state index in [4.69, 9.17) is 14.5 Å². The van der Waals surface area contributed by atoms with Crippen LogP contribution in [0.3, 0.4) is 0 Å². The van der Waals surface area contributed by atoms with Crippen LogP contribution in [0.15, 0.2) is 23.7 Å². The van der Waals surface area contributed by atoms with Crippen LogP contribution in [0.4, 0.5) is 11.5 Å². The molecule has 7 heteroatoms. The number of pyridine rings is 1. The van der Waals surface area contributed by atoms with Gasteiger partial charge in [0.1, 0.15) is 16.4 Å². The fourth-order valence-electron chi connectivity index (χ4n) is 3.96. The van der Waals surface area contributed by atoms with Crippen molar-refractivity contribution in [2.75, 3.05) is 36.1 Å². The Morgan fingerprint density at radius 2 is 2.07 bits per heavy atom. The molecule has 2 unspecified atom stereocenters. The van der Waals surface area contributed by atoms with E-state index in [0.717, 1.165) is 50.7 Å². The fraction of sp³-hybridized carbons (Fsp3) is 0.619. The maximum absolute atomic E-state index is 6.19. The van der Waals surface area contributed by atoms with Gasteiger partial charge in [-0.15, -0.1) is 11.3 Å². The quantitative estimate of drug-likeness (QED) is 0.761. The van der Waals surface area contributed by atoms with Gasteiger partial charge < -0.3 is 19.3 Å². The summed E-state index contributed by atoms with van der Waals surface area (Å²) in [4.78, 5) is 14.3. The molecule has 2 aliphatic heterocycles. The van der Waals surface area contributed by atoms with Crippen molar-refractivity contribution in [3.05, 3.63) is 28.7 Å². The average molecular weight is 403 g/mol. The summed E-state index contributed by atoms with van der Waals surface area (Å²) in [6.07, 6.45) is 4.16. The van der Waals surface area contributed by atoms with Gasteiger partial charge in [0.2, 0.25) is 5.88 Å². The number of anilines is 2. The highest BCUT2D eigenvalue weighted by molar-refractivity contribution is 7.09.